The van der Waals surface area contributed by atoms with Crippen LogP contribution in [0.25, 0.3) is 11.1 Å². The monoisotopic (exact) mass is 255 g/mol. The fraction of sp³-hybridized carbons (Fsp3) is 0.0769. The van der Waals surface area contributed by atoms with E-state index in [0.29, 0.717) is 17.7 Å². The minimum Gasteiger partial charge on any atom is -0.326 e. The molecule has 1 nitrogen and oxygen atoms in total. The first-order chi connectivity index (χ1) is 8.52. The van der Waals surface area contributed by atoms with Gasteiger partial charge in [0.25, 0.3) is 0 Å². The molecule has 0 aliphatic rings. The van der Waals surface area contributed by atoms with Crippen LogP contribution in [0.3, 0.4) is 0 Å². The van der Waals surface area contributed by atoms with Crippen LogP contribution >= 0.6 is 0 Å². The van der Waals surface area contributed by atoms with E-state index in [-0.39, 0.29) is 17.7 Å². The molecule has 0 amide bonds. The van der Waals surface area contributed by atoms with E-state index in [4.69, 9.17) is 5.73 Å². The average Bonchev–Trinajstić information content (AvgIpc) is 2.35. The Kier molecular flexibility index (Phi) is 3.34. The zero-order chi connectivity index (χ0) is 13.3. The third-order valence-electron chi connectivity index (χ3n) is 2.57. The molecule has 2 aromatic carbocycles. The van der Waals surface area contributed by atoms with Gasteiger partial charge in [-0.2, -0.15) is 0 Å². The summed E-state index contributed by atoms with van der Waals surface area (Å²) in [6, 6.07) is 4.88. The van der Waals surface area contributed by atoms with E-state index in [0.717, 1.165) is 6.07 Å². The van der Waals surface area contributed by atoms with Gasteiger partial charge in [0.2, 0.25) is 0 Å². The van der Waals surface area contributed by atoms with Gasteiger partial charge in [-0.15, -0.1) is 0 Å². The van der Waals surface area contributed by atoms with Crippen molar-refractivity contribution in [2.75, 3.05) is 0 Å². The molecule has 2 aromatic rings. The molecule has 94 valence electrons. The lowest BCUT2D eigenvalue weighted by Crippen LogP contribution is -1.99. The van der Waals surface area contributed by atoms with Crippen molar-refractivity contribution in [3.63, 3.8) is 0 Å². The lowest BCUT2D eigenvalue weighted by molar-refractivity contribution is 0.495. The second-order valence-corrected chi connectivity index (χ2v) is 3.76. The van der Waals surface area contributed by atoms with Crippen molar-refractivity contribution >= 4 is 0 Å². The summed E-state index contributed by atoms with van der Waals surface area (Å²) in [4.78, 5) is 0. The SMILES string of the molecule is NCc1ccc(F)c(-c2cc(F)c(F)cc2F)c1. The number of hydrogen-bond acceptors (Lipinski definition) is 1. The van der Waals surface area contributed by atoms with Gasteiger partial charge in [0.1, 0.15) is 11.6 Å². The van der Waals surface area contributed by atoms with Crippen LogP contribution in [-0.4, -0.2) is 0 Å². The first-order valence-corrected chi connectivity index (χ1v) is 5.16. The lowest BCUT2D eigenvalue weighted by Gasteiger charge is -2.08. The second kappa shape index (κ2) is 4.78. The Labute approximate surface area is 101 Å². The van der Waals surface area contributed by atoms with Crippen molar-refractivity contribution in [1.82, 2.24) is 0 Å². The summed E-state index contributed by atoms with van der Waals surface area (Å²) in [6.45, 7) is 0.137. The molecular weight excluding hydrogens is 246 g/mol. The maximum Gasteiger partial charge on any atom is 0.161 e. The maximum atomic E-state index is 13.6. The van der Waals surface area contributed by atoms with Crippen LogP contribution < -0.4 is 5.73 Å². The van der Waals surface area contributed by atoms with Crippen LogP contribution in [-0.2, 0) is 6.54 Å². The number of nitrogens with two attached hydrogens (primary N) is 1. The fourth-order valence-electron chi connectivity index (χ4n) is 1.63. The molecule has 0 aliphatic heterocycles. The third kappa shape index (κ3) is 2.22. The summed E-state index contributed by atoms with van der Waals surface area (Å²) in [5.74, 6) is -4.30. The third-order valence-corrected chi connectivity index (χ3v) is 2.57. The zero-order valence-corrected chi connectivity index (χ0v) is 9.18. The van der Waals surface area contributed by atoms with E-state index in [1.54, 1.807) is 0 Å². The van der Waals surface area contributed by atoms with Crippen molar-refractivity contribution in [2.24, 2.45) is 5.73 Å². The van der Waals surface area contributed by atoms with E-state index >= 15 is 0 Å². The quantitative estimate of drug-likeness (QED) is 0.646. The molecule has 5 heteroatoms. The molecule has 0 unspecified atom stereocenters. The highest BCUT2D eigenvalue weighted by Crippen LogP contribution is 2.28. The predicted octanol–water partition coefficient (Wildman–Crippen LogP) is 3.37. The minimum absolute atomic E-state index is 0.137. The summed E-state index contributed by atoms with van der Waals surface area (Å²) in [5.41, 5.74) is 5.48. The first kappa shape index (κ1) is 12.6. The Morgan fingerprint density at radius 1 is 0.722 bits per heavy atom. The Morgan fingerprint density at radius 3 is 2.00 bits per heavy atom. The number of hydrogen-bond donors (Lipinski definition) is 1. The molecular formula is C13H9F4N. The second-order valence-electron chi connectivity index (χ2n) is 3.76. The van der Waals surface area contributed by atoms with E-state index < -0.39 is 23.3 Å². The van der Waals surface area contributed by atoms with Gasteiger partial charge < -0.3 is 5.73 Å². The van der Waals surface area contributed by atoms with E-state index in [1.807, 2.05) is 0 Å². The predicted molar refractivity (Wildman–Crippen MR) is 59.6 cm³/mol. The smallest absolute Gasteiger partial charge is 0.161 e. The van der Waals surface area contributed by atoms with E-state index in [9.17, 15) is 17.6 Å². The van der Waals surface area contributed by atoms with Gasteiger partial charge in [0, 0.05) is 23.7 Å². The molecule has 2 rings (SSSR count). The van der Waals surface area contributed by atoms with Crippen molar-refractivity contribution in [3.8, 4) is 11.1 Å². The Balaban J connectivity index is 2.64. The van der Waals surface area contributed by atoms with Crippen LogP contribution in [0.4, 0.5) is 17.6 Å². The summed E-state index contributed by atoms with van der Waals surface area (Å²) in [5, 5.41) is 0. The van der Waals surface area contributed by atoms with Gasteiger partial charge in [-0.05, 0) is 23.8 Å². The standard InChI is InChI=1S/C13H9F4N/c14-10-2-1-7(6-18)3-8(10)9-4-12(16)13(17)5-11(9)15/h1-5H,6,18H2. The zero-order valence-electron chi connectivity index (χ0n) is 9.18. The molecule has 0 spiro atoms. The summed E-state index contributed by atoms with van der Waals surface area (Å²) >= 11 is 0. The Hall–Kier alpha value is -1.88. The average molecular weight is 255 g/mol. The van der Waals surface area contributed by atoms with Crippen molar-refractivity contribution in [2.45, 2.75) is 6.54 Å². The van der Waals surface area contributed by atoms with Crippen molar-refractivity contribution in [3.05, 3.63) is 59.2 Å². The molecule has 0 bridgehead atoms. The van der Waals surface area contributed by atoms with Gasteiger partial charge in [0.15, 0.2) is 11.6 Å². The van der Waals surface area contributed by atoms with Gasteiger partial charge in [0.05, 0.1) is 0 Å². The van der Waals surface area contributed by atoms with Crippen LogP contribution in [0, 0.1) is 23.3 Å². The topological polar surface area (TPSA) is 26.0 Å². The van der Waals surface area contributed by atoms with Crippen LogP contribution in [0.2, 0.25) is 0 Å². The molecule has 0 saturated carbocycles. The molecule has 0 radical (unpaired) electrons. The maximum absolute atomic E-state index is 13.6. The van der Waals surface area contributed by atoms with Gasteiger partial charge >= 0.3 is 0 Å². The molecule has 2 N–H and O–H groups in total. The highest BCUT2D eigenvalue weighted by Gasteiger charge is 2.15. The first-order valence-electron chi connectivity index (χ1n) is 5.16. The molecule has 0 atom stereocenters. The summed E-state index contributed by atoms with van der Waals surface area (Å²) < 4.78 is 53.0. The Morgan fingerprint density at radius 2 is 1.33 bits per heavy atom. The van der Waals surface area contributed by atoms with Gasteiger partial charge in [-0.25, -0.2) is 17.6 Å². The molecule has 0 aliphatic carbocycles. The molecule has 0 fully saturated rings. The molecule has 0 heterocycles. The van der Waals surface area contributed by atoms with Crippen LogP contribution in [0.5, 0.6) is 0 Å². The van der Waals surface area contributed by atoms with Crippen molar-refractivity contribution < 1.29 is 17.6 Å². The highest BCUT2D eigenvalue weighted by atomic mass is 19.2. The van der Waals surface area contributed by atoms with Crippen LogP contribution in [0.15, 0.2) is 30.3 Å². The normalized spacial score (nSPS) is 10.7. The number of halogens is 4. The van der Waals surface area contributed by atoms with Crippen molar-refractivity contribution in [1.29, 1.82) is 0 Å². The fourth-order valence-corrected chi connectivity index (χ4v) is 1.63. The molecule has 0 aromatic heterocycles. The lowest BCUT2D eigenvalue weighted by atomic mass is 10.0. The van der Waals surface area contributed by atoms with E-state index in [2.05, 4.69) is 0 Å². The summed E-state index contributed by atoms with van der Waals surface area (Å²) in [7, 11) is 0. The molecule has 0 saturated heterocycles. The van der Waals surface area contributed by atoms with Gasteiger partial charge in [-0.1, -0.05) is 6.07 Å². The number of benzene rings is 2. The van der Waals surface area contributed by atoms with Gasteiger partial charge in [-0.3, -0.25) is 0 Å². The largest absolute Gasteiger partial charge is 0.326 e. The van der Waals surface area contributed by atoms with Crippen LogP contribution in [0.1, 0.15) is 5.56 Å². The van der Waals surface area contributed by atoms with E-state index in [1.165, 1.54) is 12.1 Å². The highest BCUT2D eigenvalue weighted by molar-refractivity contribution is 5.65. The Bertz CT molecular complexity index is 596. The number of rotatable bonds is 2. The minimum atomic E-state index is -1.31. The summed E-state index contributed by atoms with van der Waals surface area (Å²) in [6.07, 6.45) is 0. The molecule has 18 heavy (non-hydrogen) atoms.